The minimum Gasteiger partial charge on any atom is -0.366 e. The third kappa shape index (κ3) is 3.18. The van der Waals surface area contributed by atoms with Crippen molar-refractivity contribution in [3.05, 3.63) is 41.7 Å². The zero-order valence-electron chi connectivity index (χ0n) is 12.0. The van der Waals surface area contributed by atoms with Crippen molar-refractivity contribution >= 4 is 18.3 Å². The predicted molar refractivity (Wildman–Crippen MR) is 82.0 cm³/mol. The lowest BCUT2D eigenvalue weighted by molar-refractivity contribution is 0.00669. The number of aromatic nitrogens is 3. The number of amides is 1. The van der Waals surface area contributed by atoms with Crippen LogP contribution in [0.1, 0.15) is 34.7 Å². The zero-order valence-corrected chi connectivity index (χ0v) is 12.8. The number of hydrogen-bond acceptors (Lipinski definition) is 4. The van der Waals surface area contributed by atoms with Crippen molar-refractivity contribution in [3.8, 4) is 5.69 Å². The van der Waals surface area contributed by atoms with E-state index in [0.717, 1.165) is 0 Å². The lowest BCUT2D eigenvalue weighted by Gasteiger charge is -2.20. The molecule has 1 saturated carbocycles. The number of benzene rings is 1. The number of nitrogens with zero attached hydrogens (tertiary/aromatic N) is 3. The summed E-state index contributed by atoms with van der Waals surface area (Å²) in [6.45, 7) is 0. The van der Waals surface area contributed by atoms with E-state index in [1.807, 2.05) is 0 Å². The molecule has 124 valence electrons. The average Bonchev–Trinajstić information content (AvgIpc) is 3.05. The van der Waals surface area contributed by atoms with Crippen LogP contribution in [0.4, 0.5) is 8.78 Å². The number of hydrogen-bond donors (Lipinski definition) is 2. The Morgan fingerprint density at radius 2 is 1.91 bits per heavy atom. The SMILES string of the molecule is Cl.NC(=O)c1cccc(C2CC(F)(F)CC2N)c1-n1nccn1. The minimum absolute atomic E-state index is 0. The largest absolute Gasteiger partial charge is 0.366 e. The molecule has 1 amide bonds. The molecule has 3 rings (SSSR count). The first-order valence-electron chi connectivity index (χ1n) is 6.82. The molecular weight excluding hydrogens is 328 g/mol. The molecule has 0 bridgehead atoms. The number of nitrogens with two attached hydrogens (primary N) is 2. The monoisotopic (exact) mass is 343 g/mol. The Balaban J connectivity index is 0.00000192. The van der Waals surface area contributed by atoms with Crippen molar-refractivity contribution in [1.29, 1.82) is 0 Å². The van der Waals surface area contributed by atoms with E-state index < -0.39 is 23.8 Å². The van der Waals surface area contributed by atoms with Gasteiger partial charge in [-0.05, 0) is 11.6 Å². The number of alkyl halides is 2. The van der Waals surface area contributed by atoms with E-state index in [-0.39, 0.29) is 30.8 Å². The number of para-hydroxylation sites is 1. The summed E-state index contributed by atoms with van der Waals surface area (Å²) in [6.07, 6.45) is 2.12. The van der Waals surface area contributed by atoms with E-state index in [2.05, 4.69) is 10.2 Å². The first-order valence-corrected chi connectivity index (χ1v) is 6.82. The lowest BCUT2D eigenvalue weighted by atomic mass is 9.91. The second-order valence-corrected chi connectivity index (χ2v) is 5.46. The van der Waals surface area contributed by atoms with Crippen LogP contribution in [0.15, 0.2) is 30.6 Å². The van der Waals surface area contributed by atoms with Gasteiger partial charge in [-0.3, -0.25) is 4.79 Å². The van der Waals surface area contributed by atoms with E-state index in [4.69, 9.17) is 11.5 Å². The Hall–Kier alpha value is -2.06. The van der Waals surface area contributed by atoms with Crippen LogP contribution in [0, 0.1) is 0 Å². The third-order valence-corrected chi connectivity index (χ3v) is 3.92. The Morgan fingerprint density at radius 3 is 2.43 bits per heavy atom. The number of primary amides is 1. The van der Waals surface area contributed by atoms with Gasteiger partial charge >= 0.3 is 0 Å². The molecule has 23 heavy (non-hydrogen) atoms. The normalized spacial score (nSPS) is 22.6. The maximum absolute atomic E-state index is 13.7. The van der Waals surface area contributed by atoms with Gasteiger partial charge in [0.15, 0.2) is 0 Å². The molecule has 0 radical (unpaired) electrons. The maximum Gasteiger partial charge on any atom is 0.250 e. The van der Waals surface area contributed by atoms with Crippen LogP contribution < -0.4 is 11.5 Å². The molecule has 4 N–H and O–H groups in total. The van der Waals surface area contributed by atoms with Crippen LogP contribution in [0.5, 0.6) is 0 Å². The first kappa shape index (κ1) is 17.3. The van der Waals surface area contributed by atoms with Crippen LogP contribution >= 0.6 is 12.4 Å². The third-order valence-electron chi connectivity index (χ3n) is 3.92. The van der Waals surface area contributed by atoms with E-state index in [0.29, 0.717) is 11.3 Å². The van der Waals surface area contributed by atoms with Crippen molar-refractivity contribution in [2.45, 2.75) is 30.7 Å². The van der Waals surface area contributed by atoms with Gasteiger partial charge in [0.25, 0.3) is 5.91 Å². The topological polar surface area (TPSA) is 99.8 Å². The molecule has 1 fully saturated rings. The quantitative estimate of drug-likeness (QED) is 0.884. The highest BCUT2D eigenvalue weighted by molar-refractivity contribution is 5.97. The highest BCUT2D eigenvalue weighted by Gasteiger charge is 2.46. The summed E-state index contributed by atoms with van der Waals surface area (Å²) < 4.78 is 27.3. The second kappa shape index (κ2) is 6.21. The predicted octanol–water partition coefficient (Wildman–Crippen LogP) is 1.63. The van der Waals surface area contributed by atoms with Crippen LogP contribution in [0.2, 0.25) is 0 Å². The van der Waals surface area contributed by atoms with Crippen LogP contribution in [-0.4, -0.2) is 32.9 Å². The summed E-state index contributed by atoms with van der Waals surface area (Å²) in [4.78, 5) is 12.9. The summed E-state index contributed by atoms with van der Waals surface area (Å²) in [5.41, 5.74) is 12.3. The summed E-state index contributed by atoms with van der Waals surface area (Å²) in [5.74, 6) is -4.08. The fourth-order valence-corrected chi connectivity index (χ4v) is 3.00. The number of halogens is 3. The Morgan fingerprint density at radius 1 is 1.26 bits per heavy atom. The van der Waals surface area contributed by atoms with E-state index in [9.17, 15) is 13.6 Å². The minimum atomic E-state index is -2.82. The van der Waals surface area contributed by atoms with Gasteiger partial charge in [-0.25, -0.2) is 8.78 Å². The van der Waals surface area contributed by atoms with Crippen molar-refractivity contribution in [2.24, 2.45) is 11.5 Å². The van der Waals surface area contributed by atoms with Crippen LogP contribution in [0.25, 0.3) is 5.69 Å². The number of rotatable bonds is 3. The van der Waals surface area contributed by atoms with E-state index >= 15 is 0 Å². The summed E-state index contributed by atoms with van der Waals surface area (Å²) in [6, 6.07) is 4.08. The van der Waals surface area contributed by atoms with Crippen LogP contribution in [0.3, 0.4) is 0 Å². The van der Waals surface area contributed by atoms with Crippen molar-refractivity contribution in [2.75, 3.05) is 0 Å². The molecule has 6 nitrogen and oxygen atoms in total. The maximum atomic E-state index is 13.7. The zero-order chi connectivity index (χ0) is 15.9. The summed E-state index contributed by atoms with van der Waals surface area (Å²) in [5, 5.41) is 7.98. The molecule has 0 saturated heterocycles. The molecule has 2 unspecified atom stereocenters. The highest BCUT2D eigenvalue weighted by Crippen LogP contribution is 2.45. The van der Waals surface area contributed by atoms with E-state index in [1.165, 1.54) is 23.3 Å². The molecule has 1 heterocycles. The van der Waals surface area contributed by atoms with Gasteiger partial charge in [0.1, 0.15) is 5.69 Å². The van der Waals surface area contributed by atoms with Crippen molar-refractivity contribution < 1.29 is 13.6 Å². The van der Waals surface area contributed by atoms with Gasteiger partial charge < -0.3 is 11.5 Å². The van der Waals surface area contributed by atoms with Gasteiger partial charge in [0, 0.05) is 24.8 Å². The molecule has 0 aliphatic heterocycles. The molecule has 9 heteroatoms. The Bertz CT molecular complexity index is 707. The Labute approximate surface area is 137 Å². The van der Waals surface area contributed by atoms with E-state index in [1.54, 1.807) is 12.1 Å². The fraction of sp³-hybridized carbons (Fsp3) is 0.357. The van der Waals surface area contributed by atoms with Crippen molar-refractivity contribution in [1.82, 2.24) is 15.0 Å². The van der Waals surface area contributed by atoms with Gasteiger partial charge in [-0.2, -0.15) is 15.0 Å². The molecule has 1 aromatic heterocycles. The highest BCUT2D eigenvalue weighted by atomic mass is 35.5. The molecule has 1 aromatic carbocycles. The number of carbonyl (C=O) groups is 1. The molecule has 0 spiro atoms. The first-order chi connectivity index (χ1) is 10.4. The van der Waals surface area contributed by atoms with Crippen molar-refractivity contribution in [3.63, 3.8) is 0 Å². The number of carbonyl (C=O) groups excluding carboxylic acids is 1. The molecule has 2 atom stereocenters. The van der Waals surface area contributed by atoms with Gasteiger partial charge in [-0.15, -0.1) is 12.4 Å². The summed E-state index contributed by atoms with van der Waals surface area (Å²) >= 11 is 0. The molecule has 1 aliphatic carbocycles. The molecule has 1 aliphatic rings. The van der Waals surface area contributed by atoms with Gasteiger partial charge in [0.05, 0.1) is 18.0 Å². The Kier molecular flexibility index (Phi) is 4.67. The molecule has 2 aromatic rings. The average molecular weight is 344 g/mol. The standard InChI is InChI=1S/C14H15F2N5O.ClH/c15-14(16)6-10(11(17)7-14)8-2-1-3-9(13(18)22)12(8)21-19-4-5-20-21;/h1-5,10-11H,6-7,17H2,(H2,18,22);1H. The van der Waals surface area contributed by atoms with Crippen LogP contribution in [-0.2, 0) is 0 Å². The molecular formula is C14H16ClF2N5O. The lowest BCUT2D eigenvalue weighted by Crippen LogP contribution is -2.26. The smallest absolute Gasteiger partial charge is 0.250 e. The fourth-order valence-electron chi connectivity index (χ4n) is 3.00. The summed E-state index contributed by atoms with van der Waals surface area (Å²) in [7, 11) is 0. The van der Waals surface area contributed by atoms with Gasteiger partial charge in [-0.1, -0.05) is 12.1 Å². The van der Waals surface area contributed by atoms with Gasteiger partial charge in [0.2, 0.25) is 5.92 Å². The second-order valence-electron chi connectivity index (χ2n) is 5.46.